The number of carbonyl (C=O) groups is 4. The zero-order valence-electron chi connectivity index (χ0n) is 22.1. The van der Waals surface area contributed by atoms with Gasteiger partial charge in [-0.25, -0.2) is 4.79 Å². The fourth-order valence-electron chi connectivity index (χ4n) is 3.65. The van der Waals surface area contributed by atoms with Crippen LogP contribution in [0.25, 0.3) is 0 Å². The lowest BCUT2D eigenvalue weighted by Gasteiger charge is -2.17. The first-order valence-corrected chi connectivity index (χ1v) is 13.8. The van der Waals surface area contributed by atoms with Crippen molar-refractivity contribution in [1.29, 1.82) is 0 Å². The van der Waals surface area contributed by atoms with Crippen LogP contribution in [-0.4, -0.2) is 41.8 Å². The summed E-state index contributed by atoms with van der Waals surface area (Å²) in [5.74, 6) is -1.30. The van der Waals surface area contributed by atoms with Crippen LogP contribution in [0.2, 0.25) is 0 Å². The number of carbonyl (C=O) groups excluding carboxylic acids is 3. The van der Waals surface area contributed by atoms with Gasteiger partial charge in [0.1, 0.15) is 12.3 Å². The number of rotatable bonds is 10. The molecule has 7 nitrogen and oxygen atoms in total. The summed E-state index contributed by atoms with van der Waals surface area (Å²) in [4.78, 5) is 47.4. The predicted molar refractivity (Wildman–Crippen MR) is 151 cm³/mol. The van der Waals surface area contributed by atoms with E-state index < -0.39 is 23.8 Å². The second-order valence-corrected chi connectivity index (χ2v) is 9.47. The molecule has 1 atom stereocenters. The van der Waals surface area contributed by atoms with Gasteiger partial charge in [0.25, 0.3) is 11.8 Å². The van der Waals surface area contributed by atoms with Crippen molar-refractivity contribution in [2.24, 2.45) is 0 Å². The third kappa shape index (κ3) is 9.59. The minimum absolute atomic E-state index is 0.243. The summed E-state index contributed by atoms with van der Waals surface area (Å²) in [6.45, 7) is 5.70. The molecule has 1 aliphatic rings. The van der Waals surface area contributed by atoms with Crippen LogP contribution in [-0.2, 0) is 11.2 Å². The van der Waals surface area contributed by atoms with Crippen LogP contribution < -0.4 is 10.6 Å². The number of amides is 2. The molecule has 8 heteroatoms. The fraction of sp³-hybridized carbons (Fsp3) is 0.333. The number of aryl methyl sites for hydroxylation is 1. The smallest absolute Gasteiger partial charge is 0.328 e. The van der Waals surface area contributed by atoms with Gasteiger partial charge in [-0.1, -0.05) is 69.7 Å². The molecule has 0 aliphatic heterocycles. The third-order valence-electron chi connectivity index (χ3n) is 5.69. The van der Waals surface area contributed by atoms with Crippen LogP contribution in [0, 0.1) is 0 Å². The summed E-state index contributed by atoms with van der Waals surface area (Å²) in [5.41, 5.74) is 2.97. The normalized spacial score (nSPS) is 12.5. The fourth-order valence-corrected chi connectivity index (χ4v) is 4.29. The summed E-state index contributed by atoms with van der Waals surface area (Å²) < 4.78 is 0. The lowest BCUT2D eigenvalue weighted by atomic mass is 9.99. The van der Waals surface area contributed by atoms with Gasteiger partial charge in [0, 0.05) is 17.7 Å². The van der Waals surface area contributed by atoms with E-state index in [0.717, 1.165) is 12.3 Å². The monoisotopic (exact) mass is 536 g/mol. The topological polar surface area (TPSA) is 113 Å². The summed E-state index contributed by atoms with van der Waals surface area (Å²) in [6, 6.07) is 17.5. The van der Waals surface area contributed by atoms with Gasteiger partial charge >= 0.3 is 5.97 Å². The molecule has 1 aliphatic carbocycles. The highest BCUT2D eigenvalue weighted by molar-refractivity contribution is 7.12. The first-order chi connectivity index (χ1) is 18.4. The number of nitrogens with one attached hydrogen (secondary N) is 2. The van der Waals surface area contributed by atoms with Crippen molar-refractivity contribution in [3.8, 4) is 0 Å². The first-order valence-electron chi connectivity index (χ1n) is 12.9. The van der Waals surface area contributed by atoms with Crippen molar-refractivity contribution < 1.29 is 24.3 Å². The van der Waals surface area contributed by atoms with E-state index in [0.29, 0.717) is 34.3 Å². The lowest BCUT2D eigenvalue weighted by molar-refractivity contribution is -0.139. The van der Waals surface area contributed by atoms with E-state index >= 15 is 0 Å². The van der Waals surface area contributed by atoms with Crippen molar-refractivity contribution >= 4 is 35.4 Å². The van der Waals surface area contributed by atoms with Crippen molar-refractivity contribution in [2.45, 2.75) is 58.4 Å². The van der Waals surface area contributed by atoms with E-state index in [9.17, 15) is 24.3 Å². The Morgan fingerprint density at radius 2 is 1.74 bits per heavy atom. The zero-order valence-corrected chi connectivity index (χ0v) is 22.9. The van der Waals surface area contributed by atoms with Gasteiger partial charge in [0.2, 0.25) is 0 Å². The van der Waals surface area contributed by atoms with Crippen LogP contribution in [0.5, 0.6) is 0 Å². The molecule has 1 saturated carbocycles. The Kier molecular flexibility index (Phi) is 12.9. The Balaban J connectivity index is 0.000000379. The van der Waals surface area contributed by atoms with Gasteiger partial charge in [-0.15, -0.1) is 11.3 Å². The van der Waals surface area contributed by atoms with Gasteiger partial charge < -0.3 is 15.7 Å². The largest absolute Gasteiger partial charge is 0.480 e. The first kappa shape index (κ1) is 30.4. The third-order valence-corrected chi connectivity index (χ3v) is 6.56. The molecule has 0 radical (unpaired) electrons. The van der Waals surface area contributed by atoms with E-state index in [4.69, 9.17) is 0 Å². The molecular formula is C30H36N2O5S. The average molecular weight is 537 g/mol. The van der Waals surface area contributed by atoms with Crippen molar-refractivity contribution in [3.63, 3.8) is 0 Å². The highest BCUT2D eigenvalue weighted by atomic mass is 32.1. The van der Waals surface area contributed by atoms with E-state index in [1.54, 1.807) is 23.6 Å². The number of hydrogen-bond acceptors (Lipinski definition) is 5. The van der Waals surface area contributed by atoms with Crippen LogP contribution >= 0.6 is 11.3 Å². The Morgan fingerprint density at radius 1 is 1.03 bits per heavy atom. The van der Waals surface area contributed by atoms with Crippen LogP contribution in [0.15, 0.2) is 66.0 Å². The highest BCUT2D eigenvalue weighted by Gasteiger charge is 2.23. The molecule has 1 unspecified atom stereocenters. The minimum atomic E-state index is -1.28. The molecule has 0 saturated heterocycles. The number of aliphatic carboxylic acids is 1. The highest BCUT2D eigenvalue weighted by Crippen LogP contribution is 2.39. The Bertz CT molecular complexity index is 1170. The van der Waals surface area contributed by atoms with Crippen molar-refractivity contribution in [3.05, 3.63) is 93.2 Å². The summed E-state index contributed by atoms with van der Waals surface area (Å²) >= 11 is 1.24. The van der Waals surface area contributed by atoms with Gasteiger partial charge in [0.05, 0.1) is 4.88 Å². The molecule has 1 fully saturated rings. The molecule has 3 N–H and O–H groups in total. The number of aldehydes is 1. The van der Waals surface area contributed by atoms with Crippen molar-refractivity contribution in [2.75, 3.05) is 6.54 Å². The Labute approximate surface area is 228 Å². The van der Waals surface area contributed by atoms with Crippen molar-refractivity contribution in [1.82, 2.24) is 10.6 Å². The molecule has 1 heterocycles. The molecule has 0 bridgehead atoms. The lowest BCUT2D eigenvalue weighted by Crippen LogP contribution is -2.48. The summed E-state index contributed by atoms with van der Waals surface area (Å²) in [5, 5.41) is 16.0. The Morgan fingerprint density at radius 3 is 2.29 bits per heavy atom. The van der Waals surface area contributed by atoms with Gasteiger partial charge in [-0.05, 0) is 59.9 Å². The average Bonchev–Trinajstić information content (AvgIpc) is 3.66. The van der Waals surface area contributed by atoms with E-state index in [-0.39, 0.29) is 6.54 Å². The summed E-state index contributed by atoms with van der Waals surface area (Å²) in [7, 11) is 0. The minimum Gasteiger partial charge on any atom is -0.480 e. The number of hydrogen-bond donors (Lipinski definition) is 3. The molecule has 2 amide bonds. The zero-order chi connectivity index (χ0) is 27.9. The predicted octanol–water partition coefficient (Wildman–Crippen LogP) is 5.72. The van der Waals surface area contributed by atoms with E-state index in [2.05, 4.69) is 41.0 Å². The summed E-state index contributed by atoms with van der Waals surface area (Å²) in [6.07, 6.45) is 4.86. The van der Waals surface area contributed by atoms with E-state index in [1.807, 2.05) is 20.8 Å². The quantitative estimate of drug-likeness (QED) is 0.287. The standard InChI is InChI=1S/C19H20N2O5S.C9H10.C2H6/c1-2-4-13-9-12(11-22)6-7-14(13)17(23)21-15(19(25)26)10-20-18(24)16-5-3-8-27-16;1-2-4-8(5-3-1)9-6-7-9;1-2/h3,5-9,11,15H,2,4,10H2,1H3,(H,20,24)(H,21,23)(H,25,26);1-5,9H,6-7H2;1-2H3. The molecule has 202 valence electrons. The Hall–Kier alpha value is -3.78. The number of carboxylic acid groups (broad SMARTS) is 1. The van der Waals surface area contributed by atoms with Crippen LogP contribution in [0.1, 0.15) is 87.5 Å². The molecule has 3 aromatic rings. The molecular weight excluding hydrogens is 500 g/mol. The van der Waals surface area contributed by atoms with Crippen LogP contribution in [0.4, 0.5) is 0 Å². The second-order valence-electron chi connectivity index (χ2n) is 8.52. The maximum absolute atomic E-state index is 12.6. The SMILES string of the molecule is CC.CCCc1cc(C=O)ccc1C(=O)NC(CNC(=O)c1cccs1)C(=O)O.c1ccc(C2CC2)cc1. The molecule has 0 spiro atoms. The van der Waals surface area contributed by atoms with Gasteiger partial charge in [-0.3, -0.25) is 14.4 Å². The van der Waals surface area contributed by atoms with E-state index in [1.165, 1.54) is 41.9 Å². The number of thiophene rings is 1. The molecule has 38 heavy (non-hydrogen) atoms. The molecule has 2 aromatic carbocycles. The number of carboxylic acids is 1. The maximum Gasteiger partial charge on any atom is 0.328 e. The van der Waals surface area contributed by atoms with Gasteiger partial charge in [0.15, 0.2) is 0 Å². The van der Waals surface area contributed by atoms with Crippen LogP contribution in [0.3, 0.4) is 0 Å². The molecule has 1 aromatic heterocycles. The maximum atomic E-state index is 12.6. The second kappa shape index (κ2) is 16.1. The number of benzene rings is 2. The van der Waals surface area contributed by atoms with Gasteiger partial charge in [-0.2, -0.15) is 0 Å². The molecule has 4 rings (SSSR count).